The lowest BCUT2D eigenvalue weighted by Gasteiger charge is -2.20. The maximum absolute atomic E-state index is 12.6. The van der Waals surface area contributed by atoms with Crippen LogP contribution in [0, 0.1) is 6.92 Å². The summed E-state index contributed by atoms with van der Waals surface area (Å²) < 4.78 is 43.0. The van der Waals surface area contributed by atoms with E-state index in [-0.39, 0.29) is 5.75 Å². The van der Waals surface area contributed by atoms with Crippen molar-refractivity contribution in [2.45, 2.75) is 20.3 Å². The molecule has 0 fully saturated rings. The van der Waals surface area contributed by atoms with Crippen molar-refractivity contribution in [3.63, 3.8) is 0 Å². The van der Waals surface area contributed by atoms with Gasteiger partial charge in [-0.05, 0) is 19.4 Å². The molecule has 0 unspecified atom stereocenters. The van der Waals surface area contributed by atoms with Gasteiger partial charge in [0.05, 0.1) is 12.4 Å². The van der Waals surface area contributed by atoms with Gasteiger partial charge in [0.2, 0.25) is 0 Å². The number of ether oxygens (including phenoxy) is 1. The van der Waals surface area contributed by atoms with Crippen LogP contribution in [-0.4, -0.2) is 13.6 Å². The Morgan fingerprint density at radius 2 is 1.93 bits per heavy atom. The number of rotatable bonds is 4. The summed E-state index contributed by atoms with van der Waals surface area (Å²) in [6, 6.07) is 4.14. The van der Waals surface area contributed by atoms with Crippen molar-refractivity contribution in [2.75, 3.05) is 6.61 Å². The second kappa shape index (κ2) is 4.60. The highest BCUT2D eigenvalue weighted by Crippen LogP contribution is 2.19. The Morgan fingerprint density at radius 1 is 1.27 bits per heavy atom. The Balaban J connectivity index is 3.04. The Morgan fingerprint density at radius 3 is 2.47 bits per heavy atom. The smallest absolute Gasteiger partial charge is 0.497 e. The van der Waals surface area contributed by atoms with Crippen LogP contribution in [0.3, 0.4) is 0 Å². The third-order valence-corrected chi connectivity index (χ3v) is 1.98. The standard InChI is InChI=1S/C10H13BF3O/c1-3-6-15-10-5-4-8(2)7-9(10)11(12,13)14/h4-5,7H,3,6H2,1-2H3/q-1. The third kappa shape index (κ3) is 3.18. The molecule has 5 heteroatoms. The molecule has 0 aliphatic carbocycles. The minimum Gasteiger partial charge on any atom is -0.497 e. The molecule has 0 saturated carbocycles. The Bertz CT molecular complexity index is 336. The van der Waals surface area contributed by atoms with Gasteiger partial charge in [-0.1, -0.05) is 30.1 Å². The second-order valence-electron chi connectivity index (χ2n) is 3.46. The molecule has 0 aliphatic rings. The van der Waals surface area contributed by atoms with Crippen molar-refractivity contribution in [1.82, 2.24) is 0 Å². The van der Waals surface area contributed by atoms with Crippen LogP contribution in [0.15, 0.2) is 18.2 Å². The molecule has 1 rings (SSSR count). The summed E-state index contributed by atoms with van der Waals surface area (Å²) in [5.74, 6) is -0.0602. The van der Waals surface area contributed by atoms with E-state index in [0.717, 1.165) is 6.07 Å². The summed E-state index contributed by atoms with van der Waals surface area (Å²) in [7, 11) is 0. The molecule has 15 heavy (non-hydrogen) atoms. The highest BCUT2D eigenvalue weighted by Gasteiger charge is 2.29. The van der Waals surface area contributed by atoms with Gasteiger partial charge >= 0.3 is 6.98 Å². The van der Waals surface area contributed by atoms with Crippen molar-refractivity contribution >= 4 is 12.4 Å². The maximum Gasteiger partial charge on any atom is 0.513 e. The van der Waals surface area contributed by atoms with Crippen molar-refractivity contribution in [1.29, 1.82) is 0 Å². The molecule has 0 heterocycles. The Hall–Kier alpha value is -1.13. The van der Waals surface area contributed by atoms with E-state index in [1.165, 1.54) is 6.07 Å². The van der Waals surface area contributed by atoms with E-state index in [2.05, 4.69) is 0 Å². The number of hydrogen-bond donors (Lipinski definition) is 0. The zero-order valence-corrected chi connectivity index (χ0v) is 8.77. The summed E-state index contributed by atoms with van der Waals surface area (Å²) in [6.07, 6.45) is 0.693. The van der Waals surface area contributed by atoms with Crippen molar-refractivity contribution < 1.29 is 17.7 Å². The molecule has 0 bridgehead atoms. The fourth-order valence-corrected chi connectivity index (χ4v) is 1.27. The first-order chi connectivity index (χ1) is 6.95. The van der Waals surface area contributed by atoms with Gasteiger partial charge in [0.15, 0.2) is 0 Å². The average molecular weight is 217 g/mol. The largest absolute Gasteiger partial charge is 0.513 e. The summed E-state index contributed by atoms with van der Waals surface area (Å²) in [6.45, 7) is -1.20. The van der Waals surface area contributed by atoms with Gasteiger partial charge in [-0.2, -0.15) is 0 Å². The number of benzene rings is 1. The highest BCUT2D eigenvalue weighted by molar-refractivity contribution is 6.74. The van der Waals surface area contributed by atoms with Crippen LogP contribution >= 0.6 is 0 Å². The highest BCUT2D eigenvalue weighted by atomic mass is 19.4. The lowest BCUT2D eigenvalue weighted by molar-refractivity contribution is 0.318. The van der Waals surface area contributed by atoms with E-state index >= 15 is 0 Å². The van der Waals surface area contributed by atoms with E-state index in [9.17, 15) is 12.9 Å². The quantitative estimate of drug-likeness (QED) is 0.704. The third-order valence-electron chi connectivity index (χ3n) is 1.98. The molecule has 0 spiro atoms. The molecule has 0 N–H and O–H groups in total. The van der Waals surface area contributed by atoms with E-state index in [0.29, 0.717) is 18.6 Å². The van der Waals surface area contributed by atoms with E-state index in [4.69, 9.17) is 4.74 Å². The van der Waals surface area contributed by atoms with Gasteiger partial charge in [0.1, 0.15) is 0 Å². The van der Waals surface area contributed by atoms with E-state index in [1.807, 2.05) is 6.92 Å². The average Bonchev–Trinajstić information content (AvgIpc) is 2.14. The second-order valence-corrected chi connectivity index (χ2v) is 3.46. The first-order valence-electron chi connectivity index (χ1n) is 4.88. The molecule has 0 amide bonds. The molecule has 0 atom stereocenters. The molecule has 84 valence electrons. The molecule has 0 saturated heterocycles. The summed E-state index contributed by atoms with van der Waals surface area (Å²) in [4.78, 5) is 0. The minimum atomic E-state index is -5.00. The van der Waals surface area contributed by atoms with Crippen LogP contribution in [-0.2, 0) is 0 Å². The van der Waals surface area contributed by atoms with Crippen molar-refractivity contribution in [2.24, 2.45) is 0 Å². The fourth-order valence-electron chi connectivity index (χ4n) is 1.27. The lowest BCUT2D eigenvalue weighted by atomic mass is 9.78. The molecular weight excluding hydrogens is 204 g/mol. The molecule has 1 nitrogen and oxygen atoms in total. The molecule has 0 aliphatic heterocycles. The van der Waals surface area contributed by atoms with Crippen LogP contribution in [0.2, 0.25) is 0 Å². The van der Waals surface area contributed by atoms with Gasteiger partial charge in [-0.15, -0.1) is 0 Å². The molecule has 0 aromatic heterocycles. The maximum atomic E-state index is 12.6. The lowest BCUT2D eigenvalue weighted by Crippen LogP contribution is -2.35. The van der Waals surface area contributed by atoms with Crippen LogP contribution in [0.5, 0.6) is 5.75 Å². The summed E-state index contributed by atoms with van der Waals surface area (Å²) >= 11 is 0. The van der Waals surface area contributed by atoms with Crippen LogP contribution < -0.4 is 10.2 Å². The topological polar surface area (TPSA) is 9.23 Å². The van der Waals surface area contributed by atoms with Crippen LogP contribution in [0.25, 0.3) is 0 Å². The van der Waals surface area contributed by atoms with E-state index in [1.54, 1.807) is 13.0 Å². The number of halogens is 3. The van der Waals surface area contributed by atoms with Gasteiger partial charge < -0.3 is 17.7 Å². The van der Waals surface area contributed by atoms with Gasteiger partial charge in [-0.3, -0.25) is 0 Å². The molecule has 0 radical (unpaired) electrons. The van der Waals surface area contributed by atoms with Crippen molar-refractivity contribution in [3.05, 3.63) is 23.8 Å². The van der Waals surface area contributed by atoms with Gasteiger partial charge in [0, 0.05) is 0 Å². The summed E-state index contributed by atoms with van der Waals surface area (Å²) in [5, 5.41) is 0. The first kappa shape index (κ1) is 11.9. The molecule has 1 aromatic rings. The SMILES string of the molecule is CCCOc1ccc(C)cc1[B-](F)(F)F. The predicted molar refractivity (Wildman–Crippen MR) is 55.7 cm³/mol. The zero-order chi connectivity index (χ0) is 11.5. The van der Waals surface area contributed by atoms with Crippen LogP contribution in [0.4, 0.5) is 12.9 Å². The number of hydrogen-bond acceptors (Lipinski definition) is 1. The first-order valence-corrected chi connectivity index (χ1v) is 4.88. The predicted octanol–water partition coefficient (Wildman–Crippen LogP) is 2.84. The number of aryl methyl sites for hydroxylation is 1. The Labute approximate surface area is 87.3 Å². The fraction of sp³-hybridized carbons (Fsp3) is 0.400. The monoisotopic (exact) mass is 217 g/mol. The zero-order valence-electron chi connectivity index (χ0n) is 8.77. The minimum absolute atomic E-state index is 0.0602. The van der Waals surface area contributed by atoms with Crippen molar-refractivity contribution in [3.8, 4) is 5.75 Å². The normalized spacial score (nSPS) is 11.5. The summed E-state index contributed by atoms with van der Waals surface area (Å²) in [5.41, 5.74) is -0.0449. The van der Waals surface area contributed by atoms with Gasteiger partial charge in [-0.25, -0.2) is 0 Å². The molecule has 1 aromatic carbocycles. The molecular formula is C10H13BF3O-. The Kier molecular flexibility index (Phi) is 3.66. The van der Waals surface area contributed by atoms with Crippen LogP contribution in [0.1, 0.15) is 18.9 Å². The van der Waals surface area contributed by atoms with E-state index < -0.39 is 12.4 Å². The van der Waals surface area contributed by atoms with Gasteiger partial charge in [0.25, 0.3) is 0 Å².